The Morgan fingerprint density at radius 1 is 0.263 bits per heavy atom. The van der Waals surface area contributed by atoms with E-state index >= 15 is 0 Å². The molecule has 6 nitrogen and oxygen atoms in total. The lowest BCUT2D eigenvalue weighted by Gasteiger charge is -2.18. The number of allylic oxidation sites excluding steroid dienone is 16. The van der Waals surface area contributed by atoms with Gasteiger partial charge in [0.05, 0.1) is 0 Å². The maximum Gasteiger partial charge on any atom is 0.306 e. The van der Waals surface area contributed by atoms with Crippen molar-refractivity contribution in [3.05, 3.63) is 97.2 Å². The number of carbonyl (C=O) groups is 3. The Bertz CT molecular complexity index is 1560. The lowest BCUT2D eigenvalue weighted by molar-refractivity contribution is -0.167. The maximum atomic E-state index is 12.9. The molecule has 0 aromatic carbocycles. The van der Waals surface area contributed by atoms with Gasteiger partial charge in [0.15, 0.2) is 6.10 Å². The van der Waals surface area contributed by atoms with Gasteiger partial charge in [0.2, 0.25) is 0 Å². The Morgan fingerprint density at radius 2 is 0.487 bits per heavy atom. The molecule has 0 saturated heterocycles. The molecule has 0 heterocycles. The SMILES string of the molecule is CC/C=C\C/C=C\C/C=C\C/C=C\CCCCCCCCCCCCCCCCC(=O)OCC(COC(=O)CCCCCCC/C=C\CCCCCCCCC)OC(=O)CCCCCCCC/C=C\C/C=C\C/C=C\CCCCC. The van der Waals surface area contributed by atoms with E-state index in [-0.39, 0.29) is 31.1 Å². The summed E-state index contributed by atoms with van der Waals surface area (Å²) in [6.45, 7) is 6.52. The molecular formula is C74H128O6. The first-order valence-corrected chi connectivity index (χ1v) is 34.2. The third kappa shape index (κ3) is 65.1. The quantitative estimate of drug-likeness (QED) is 0.0261. The van der Waals surface area contributed by atoms with Crippen LogP contribution in [0, 0.1) is 0 Å². The summed E-state index contributed by atoms with van der Waals surface area (Å²) in [6, 6.07) is 0. The van der Waals surface area contributed by atoms with Crippen LogP contribution in [0.15, 0.2) is 97.2 Å². The van der Waals surface area contributed by atoms with Crippen LogP contribution >= 0.6 is 0 Å². The number of hydrogen-bond acceptors (Lipinski definition) is 6. The summed E-state index contributed by atoms with van der Waals surface area (Å²) < 4.78 is 17.0. The van der Waals surface area contributed by atoms with E-state index in [1.807, 2.05) is 0 Å². The van der Waals surface area contributed by atoms with Gasteiger partial charge in [0, 0.05) is 19.3 Å². The maximum absolute atomic E-state index is 12.9. The normalized spacial score (nSPS) is 12.7. The number of rotatable bonds is 62. The van der Waals surface area contributed by atoms with Crippen molar-refractivity contribution in [3.63, 3.8) is 0 Å². The number of carbonyl (C=O) groups excluding carboxylic acids is 3. The molecule has 6 heteroatoms. The summed E-state index contributed by atoms with van der Waals surface area (Å²) in [7, 11) is 0. The predicted octanol–water partition coefficient (Wildman–Crippen LogP) is 23.6. The summed E-state index contributed by atoms with van der Waals surface area (Å²) in [5.74, 6) is -0.891. The van der Waals surface area contributed by atoms with Crippen molar-refractivity contribution in [2.45, 2.75) is 341 Å². The first kappa shape index (κ1) is 76.3. The second-order valence-electron chi connectivity index (χ2n) is 22.7. The number of hydrogen-bond donors (Lipinski definition) is 0. The molecule has 1 atom stereocenters. The van der Waals surface area contributed by atoms with Gasteiger partial charge in [-0.3, -0.25) is 14.4 Å². The first-order valence-electron chi connectivity index (χ1n) is 34.2. The van der Waals surface area contributed by atoms with Crippen molar-refractivity contribution in [1.82, 2.24) is 0 Å². The molecule has 0 aromatic rings. The van der Waals surface area contributed by atoms with Crippen molar-refractivity contribution >= 4 is 17.9 Å². The van der Waals surface area contributed by atoms with Crippen LogP contribution in [0.1, 0.15) is 335 Å². The van der Waals surface area contributed by atoms with Crippen LogP contribution in [0.4, 0.5) is 0 Å². The minimum atomic E-state index is -0.790. The Morgan fingerprint density at radius 3 is 0.800 bits per heavy atom. The van der Waals surface area contributed by atoms with Gasteiger partial charge < -0.3 is 14.2 Å². The molecule has 0 rings (SSSR count). The van der Waals surface area contributed by atoms with Crippen LogP contribution in [0.25, 0.3) is 0 Å². The third-order valence-electron chi connectivity index (χ3n) is 14.8. The average Bonchev–Trinajstić information content (AvgIpc) is 3.46. The minimum absolute atomic E-state index is 0.0840. The van der Waals surface area contributed by atoms with Crippen LogP contribution in [0.5, 0.6) is 0 Å². The van der Waals surface area contributed by atoms with Crippen LogP contribution in [0.2, 0.25) is 0 Å². The molecule has 0 aliphatic carbocycles. The summed E-state index contributed by atoms with van der Waals surface area (Å²) in [5.41, 5.74) is 0. The molecule has 0 radical (unpaired) electrons. The van der Waals surface area contributed by atoms with E-state index in [2.05, 4.69) is 118 Å². The molecule has 0 fully saturated rings. The molecule has 80 heavy (non-hydrogen) atoms. The van der Waals surface area contributed by atoms with Crippen LogP contribution in [-0.4, -0.2) is 37.2 Å². The summed E-state index contributed by atoms with van der Waals surface area (Å²) in [4.78, 5) is 38.4. The van der Waals surface area contributed by atoms with E-state index in [0.717, 1.165) is 116 Å². The van der Waals surface area contributed by atoms with Gasteiger partial charge in [-0.2, -0.15) is 0 Å². The van der Waals surface area contributed by atoms with Gasteiger partial charge in [0.25, 0.3) is 0 Å². The number of esters is 3. The largest absolute Gasteiger partial charge is 0.462 e. The lowest BCUT2D eigenvalue weighted by Crippen LogP contribution is -2.30. The van der Waals surface area contributed by atoms with E-state index < -0.39 is 6.10 Å². The molecule has 0 spiro atoms. The summed E-state index contributed by atoms with van der Waals surface area (Å²) in [5, 5.41) is 0. The van der Waals surface area contributed by atoms with E-state index in [9.17, 15) is 14.4 Å². The van der Waals surface area contributed by atoms with Gasteiger partial charge in [0.1, 0.15) is 13.2 Å². The second-order valence-corrected chi connectivity index (χ2v) is 22.7. The predicted molar refractivity (Wildman–Crippen MR) is 348 cm³/mol. The first-order chi connectivity index (χ1) is 39.5. The fraction of sp³-hybridized carbons (Fsp3) is 0.743. The molecular weight excluding hydrogens is 985 g/mol. The highest BCUT2D eigenvalue weighted by Gasteiger charge is 2.19. The van der Waals surface area contributed by atoms with Crippen molar-refractivity contribution in [2.24, 2.45) is 0 Å². The Hall–Kier alpha value is -3.67. The molecule has 0 bridgehead atoms. The van der Waals surface area contributed by atoms with Gasteiger partial charge in [-0.25, -0.2) is 0 Å². The Balaban J connectivity index is 4.34. The van der Waals surface area contributed by atoms with Gasteiger partial charge in [-0.05, 0) is 122 Å². The second kappa shape index (κ2) is 67.8. The molecule has 460 valence electrons. The Kier molecular flexibility index (Phi) is 64.7. The molecule has 0 N–H and O–H groups in total. The fourth-order valence-electron chi connectivity index (χ4n) is 9.67. The van der Waals surface area contributed by atoms with E-state index in [1.165, 1.54) is 180 Å². The molecule has 1 unspecified atom stereocenters. The molecule has 0 aliphatic heterocycles. The number of ether oxygens (including phenoxy) is 3. The van der Waals surface area contributed by atoms with Crippen molar-refractivity contribution in [3.8, 4) is 0 Å². The highest BCUT2D eigenvalue weighted by atomic mass is 16.6. The monoisotopic (exact) mass is 1110 g/mol. The van der Waals surface area contributed by atoms with Gasteiger partial charge in [-0.1, -0.05) is 291 Å². The molecule has 0 saturated carbocycles. The summed E-state index contributed by atoms with van der Waals surface area (Å²) in [6.07, 6.45) is 91.3. The standard InChI is InChI=1S/C74H128O6/c1-4-7-10-13-16-19-22-25-28-31-33-34-35-36-37-38-39-40-42-43-46-49-52-55-58-61-64-67-73(76)79-70-71(69-78-72(75)66-63-60-57-54-51-48-45-30-27-24-21-18-15-12-9-6-3)80-74(77)68-65-62-59-56-53-50-47-44-41-32-29-26-23-20-17-14-11-8-5-2/h7,10,16-17,19-20,25-26,28-30,33-34,41,44-45,71H,4-6,8-9,11-15,18,21-24,27,31-32,35-40,42-43,46-70H2,1-3H3/b10-7-,19-16-,20-17-,28-25-,29-26-,34-33-,44-41-,45-30-. The van der Waals surface area contributed by atoms with Gasteiger partial charge >= 0.3 is 17.9 Å². The highest BCUT2D eigenvalue weighted by molar-refractivity contribution is 5.71. The van der Waals surface area contributed by atoms with Gasteiger partial charge in [-0.15, -0.1) is 0 Å². The minimum Gasteiger partial charge on any atom is -0.462 e. The van der Waals surface area contributed by atoms with E-state index in [0.29, 0.717) is 19.3 Å². The topological polar surface area (TPSA) is 78.9 Å². The van der Waals surface area contributed by atoms with E-state index in [4.69, 9.17) is 14.2 Å². The zero-order valence-corrected chi connectivity index (χ0v) is 52.8. The fourth-order valence-corrected chi connectivity index (χ4v) is 9.67. The summed E-state index contributed by atoms with van der Waals surface area (Å²) >= 11 is 0. The highest BCUT2D eigenvalue weighted by Crippen LogP contribution is 2.17. The zero-order chi connectivity index (χ0) is 57.8. The van der Waals surface area contributed by atoms with Crippen LogP contribution < -0.4 is 0 Å². The Labute approximate surface area is 496 Å². The molecule has 0 aromatic heterocycles. The average molecular weight is 1110 g/mol. The zero-order valence-electron chi connectivity index (χ0n) is 52.8. The molecule has 0 aliphatic rings. The lowest BCUT2D eigenvalue weighted by atomic mass is 10.0. The third-order valence-corrected chi connectivity index (χ3v) is 14.8. The van der Waals surface area contributed by atoms with Crippen LogP contribution in [0.3, 0.4) is 0 Å². The molecule has 0 amide bonds. The van der Waals surface area contributed by atoms with E-state index in [1.54, 1.807) is 0 Å². The van der Waals surface area contributed by atoms with Crippen LogP contribution in [-0.2, 0) is 28.6 Å². The smallest absolute Gasteiger partial charge is 0.306 e. The van der Waals surface area contributed by atoms with Crippen molar-refractivity contribution in [1.29, 1.82) is 0 Å². The van der Waals surface area contributed by atoms with Crippen molar-refractivity contribution in [2.75, 3.05) is 13.2 Å². The number of unbranched alkanes of at least 4 members (excludes halogenated alkanes) is 35. The van der Waals surface area contributed by atoms with Crippen molar-refractivity contribution < 1.29 is 28.6 Å².